The van der Waals surface area contributed by atoms with Crippen LogP contribution in [-0.4, -0.2) is 18.5 Å². The van der Waals surface area contributed by atoms with Gasteiger partial charge < -0.3 is 0 Å². The fraction of sp³-hybridized carbons (Fsp3) is 0.136. The molecule has 0 aliphatic carbocycles. The zero-order chi connectivity index (χ0) is 19.7. The van der Waals surface area contributed by atoms with Crippen LogP contribution in [0.3, 0.4) is 0 Å². The lowest BCUT2D eigenvalue weighted by atomic mass is 9.99. The van der Waals surface area contributed by atoms with E-state index in [-0.39, 0.29) is 10.9 Å². The van der Waals surface area contributed by atoms with Crippen molar-refractivity contribution in [3.63, 3.8) is 0 Å². The monoisotopic (exact) mass is 454 g/mol. The number of hydrogen-bond donors (Lipinski definition) is 0. The first-order valence-corrected chi connectivity index (χ1v) is 11.2. The van der Waals surface area contributed by atoms with E-state index in [0.29, 0.717) is 6.42 Å². The summed E-state index contributed by atoms with van der Waals surface area (Å²) >= 11 is 3.49. The number of benzene rings is 3. The maximum atomic E-state index is 13.3. The molecule has 0 bridgehead atoms. The largest absolute Gasteiger partial charge is 0.279 e. The highest BCUT2D eigenvalue weighted by molar-refractivity contribution is 9.10. The minimum Gasteiger partial charge on any atom is -0.200 e. The molecule has 6 heteroatoms. The average molecular weight is 455 g/mol. The number of aryl methyl sites for hydroxylation is 1. The molecule has 1 aliphatic rings. The molecule has 0 unspecified atom stereocenters. The highest BCUT2D eigenvalue weighted by Gasteiger charge is 2.37. The Labute approximate surface area is 173 Å². The molecule has 142 valence electrons. The molecular formula is C22H19BrN2O2S. The summed E-state index contributed by atoms with van der Waals surface area (Å²) in [5, 5.41) is 4.57. The number of sulfonamides is 1. The third-order valence-corrected chi connectivity index (χ3v) is 6.97. The lowest BCUT2D eigenvalue weighted by Crippen LogP contribution is -2.27. The standard InChI is InChI=1S/C22H19BrN2O2S/c1-16-10-12-17(13-11-16)21-15-22(18-6-5-7-19(23)14-18)25(24-21)28(26,27)20-8-3-2-4-9-20/h2-14,22H,15H2,1H3/t22-/m1/s1. The van der Waals surface area contributed by atoms with Gasteiger partial charge in [0.1, 0.15) is 0 Å². The van der Waals surface area contributed by atoms with E-state index in [1.807, 2.05) is 55.5 Å². The number of hydrazone groups is 1. The SMILES string of the molecule is Cc1ccc(C2=NN(S(=O)(=O)c3ccccc3)[C@@H](c3cccc(Br)c3)C2)cc1. The second-order valence-electron chi connectivity index (χ2n) is 6.78. The van der Waals surface area contributed by atoms with Gasteiger partial charge in [0.15, 0.2) is 0 Å². The van der Waals surface area contributed by atoms with Gasteiger partial charge in [-0.1, -0.05) is 76.1 Å². The van der Waals surface area contributed by atoms with E-state index in [4.69, 9.17) is 0 Å². The molecular weight excluding hydrogens is 436 g/mol. The highest BCUT2D eigenvalue weighted by Crippen LogP contribution is 2.37. The Morgan fingerprint density at radius 2 is 1.68 bits per heavy atom. The van der Waals surface area contributed by atoms with Crippen LogP contribution in [0, 0.1) is 6.92 Å². The molecule has 1 aliphatic heterocycles. The van der Waals surface area contributed by atoms with Crippen molar-refractivity contribution in [2.45, 2.75) is 24.3 Å². The summed E-state index contributed by atoms with van der Waals surface area (Å²) < 4.78 is 28.9. The topological polar surface area (TPSA) is 49.7 Å². The summed E-state index contributed by atoms with van der Waals surface area (Å²) in [6.45, 7) is 2.02. The van der Waals surface area contributed by atoms with E-state index in [2.05, 4.69) is 21.0 Å². The van der Waals surface area contributed by atoms with Crippen molar-refractivity contribution in [2.75, 3.05) is 0 Å². The van der Waals surface area contributed by atoms with Gasteiger partial charge in [-0.05, 0) is 42.3 Å². The van der Waals surface area contributed by atoms with Gasteiger partial charge in [0, 0.05) is 10.9 Å². The van der Waals surface area contributed by atoms with Crippen LogP contribution >= 0.6 is 15.9 Å². The molecule has 3 aromatic rings. The Morgan fingerprint density at radius 1 is 0.964 bits per heavy atom. The van der Waals surface area contributed by atoms with Crippen LogP contribution in [0.15, 0.2) is 93.3 Å². The van der Waals surface area contributed by atoms with Gasteiger partial charge >= 0.3 is 0 Å². The molecule has 0 spiro atoms. The fourth-order valence-corrected chi connectivity index (χ4v) is 5.16. The van der Waals surface area contributed by atoms with Gasteiger partial charge in [0.2, 0.25) is 0 Å². The van der Waals surface area contributed by atoms with Crippen LogP contribution in [0.1, 0.15) is 29.2 Å². The molecule has 0 fully saturated rings. The quantitative estimate of drug-likeness (QED) is 0.536. The van der Waals surface area contributed by atoms with Gasteiger partial charge in [-0.3, -0.25) is 0 Å². The number of hydrogen-bond acceptors (Lipinski definition) is 3. The first kappa shape index (κ1) is 18.9. The van der Waals surface area contributed by atoms with Gasteiger partial charge in [-0.15, -0.1) is 0 Å². The Kier molecular flexibility index (Phi) is 5.08. The molecule has 0 saturated carbocycles. The molecule has 4 rings (SSSR count). The molecule has 1 heterocycles. The number of nitrogens with zero attached hydrogens (tertiary/aromatic N) is 2. The first-order valence-electron chi connectivity index (χ1n) is 8.94. The Bertz CT molecular complexity index is 1130. The van der Waals surface area contributed by atoms with Crippen molar-refractivity contribution in [3.05, 3.63) is 100 Å². The first-order chi connectivity index (χ1) is 13.4. The fourth-order valence-electron chi connectivity index (χ4n) is 3.29. The van der Waals surface area contributed by atoms with Crippen LogP contribution in [0.4, 0.5) is 0 Å². The summed E-state index contributed by atoms with van der Waals surface area (Å²) in [7, 11) is -3.77. The summed E-state index contributed by atoms with van der Waals surface area (Å²) in [5.74, 6) is 0. The van der Waals surface area contributed by atoms with E-state index < -0.39 is 10.0 Å². The van der Waals surface area contributed by atoms with Crippen molar-refractivity contribution in [1.82, 2.24) is 4.41 Å². The Hall–Kier alpha value is -2.44. The van der Waals surface area contributed by atoms with Crippen molar-refractivity contribution < 1.29 is 8.42 Å². The molecule has 4 nitrogen and oxygen atoms in total. The summed E-state index contributed by atoms with van der Waals surface area (Å²) in [6.07, 6.45) is 0.519. The maximum absolute atomic E-state index is 13.3. The predicted octanol–water partition coefficient (Wildman–Crippen LogP) is 5.30. The van der Waals surface area contributed by atoms with Crippen molar-refractivity contribution in [2.24, 2.45) is 5.10 Å². The minimum atomic E-state index is -3.77. The van der Waals surface area contributed by atoms with Crippen molar-refractivity contribution in [3.8, 4) is 0 Å². The van der Waals surface area contributed by atoms with Gasteiger partial charge in [-0.25, -0.2) is 0 Å². The molecule has 0 radical (unpaired) electrons. The molecule has 0 N–H and O–H groups in total. The average Bonchev–Trinajstić information content (AvgIpc) is 3.16. The van der Waals surface area contributed by atoms with Crippen LogP contribution < -0.4 is 0 Å². The lowest BCUT2D eigenvalue weighted by Gasteiger charge is -2.23. The number of halogens is 1. The van der Waals surface area contributed by atoms with Gasteiger partial charge in [0.05, 0.1) is 16.6 Å². The van der Waals surface area contributed by atoms with E-state index in [9.17, 15) is 8.42 Å². The normalized spacial score (nSPS) is 16.9. The molecule has 1 atom stereocenters. The van der Waals surface area contributed by atoms with Crippen molar-refractivity contribution in [1.29, 1.82) is 0 Å². The smallest absolute Gasteiger partial charge is 0.200 e. The minimum absolute atomic E-state index is 0.240. The zero-order valence-corrected chi connectivity index (χ0v) is 17.7. The van der Waals surface area contributed by atoms with Crippen LogP contribution in [0.5, 0.6) is 0 Å². The molecule has 28 heavy (non-hydrogen) atoms. The third-order valence-electron chi connectivity index (χ3n) is 4.78. The van der Waals surface area contributed by atoms with Crippen LogP contribution in [-0.2, 0) is 10.0 Å². The zero-order valence-electron chi connectivity index (χ0n) is 15.3. The summed E-state index contributed by atoms with van der Waals surface area (Å²) in [4.78, 5) is 0.240. The predicted molar refractivity (Wildman–Crippen MR) is 115 cm³/mol. The molecule has 0 saturated heterocycles. The maximum Gasteiger partial charge on any atom is 0.279 e. The summed E-state index contributed by atoms with van der Waals surface area (Å²) in [5.41, 5.74) is 3.76. The number of rotatable bonds is 4. The van der Waals surface area contributed by atoms with Crippen LogP contribution in [0.25, 0.3) is 0 Å². The Morgan fingerprint density at radius 3 is 2.36 bits per heavy atom. The second-order valence-corrected chi connectivity index (χ2v) is 9.49. The van der Waals surface area contributed by atoms with E-state index in [0.717, 1.165) is 26.9 Å². The van der Waals surface area contributed by atoms with E-state index in [1.54, 1.807) is 30.3 Å². The van der Waals surface area contributed by atoms with Crippen molar-refractivity contribution >= 4 is 31.7 Å². The molecule has 0 aromatic heterocycles. The Balaban J connectivity index is 1.81. The summed E-state index contributed by atoms with van der Waals surface area (Å²) in [6, 6.07) is 23.8. The second kappa shape index (κ2) is 7.53. The molecule has 3 aromatic carbocycles. The van der Waals surface area contributed by atoms with E-state index in [1.165, 1.54) is 4.41 Å². The van der Waals surface area contributed by atoms with Crippen LogP contribution in [0.2, 0.25) is 0 Å². The third kappa shape index (κ3) is 3.62. The lowest BCUT2D eigenvalue weighted by molar-refractivity contribution is 0.371. The van der Waals surface area contributed by atoms with Gasteiger partial charge in [-0.2, -0.15) is 17.9 Å². The highest BCUT2D eigenvalue weighted by atomic mass is 79.9. The molecule has 0 amide bonds. The van der Waals surface area contributed by atoms with Gasteiger partial charge in [0.25, 0.3) is 10.0 Å². The van der Waals surface area contributed by atoms with E-state index >= 15 is 0 Å².